The molecule has 4 nitrogen and oxygen atoms in total. The number of carbonyl (C=O) groups excluding carboxylic acids is 1. The van der Waals surface area contributed by atoms with Crippen LogP contribution in [0.1, 0.15) is 29.3 Å². The van der Waals surface area contributed by atoms with Gasteiger partial charge in [0.05, 0.1) is 16.6 Å². The van der Waals surface area contributed by atoms with Crippen LogP contribution in [0.4, 0.5) is 0 Å². The molecule has 0 saturated heterocycles. The van der Waals surface area contributed by atoms with Crippen LogP contribution >= 0.6 is 12.2 Å². The van der Waals surface area contributed by atoms with E-state index >= 15 is 0 Å². The van der Waals surface area contributed by atoms with Gasteiger partial charge in [-0.05, 0) is 25.5 Å². The van der Waals surface area contributed by atoms with Crippen LogP contribution in [0.25, 0.3) is 0 Å². The SMILES string of the molecule is CCC(NC(=O)c1cc(C)ccc1O)C(N)=S. The maximum absolute atomic E-state index is 11.9. The fourth-order valence-corrected chi connectivity index (χ4v) is 1.67. The molecule has 0 saturated carbocycles. The molecule has 1 amide bonds. The molecule has 1 aromatic carbocycles. The molecule has 5 heteroatoms. The average Bonchev–Trinajstić information content (AvgIpc) is 2.28. The van der Waals surface area contributed by atoms with Gasteiger partial charge >= 0.3 is 0 Å². The van der Waals surface area contributed by atoms with Gasteiger partial charge in [0, 0.05) is 0 Å². The van der Waals surface area contributed by atoms with Gasteiger partial charge in [0.1, 0.15) is 5.75 Å². The fourth-order valence-electron chi connectivity index (χ4n) is 1.44. The molecular weight excluding hydrogens is 236 g/mol. The van der Waals surface area contributed by atoms with Gasteiger partial charge in [0.25, 0.3) is 5.91 Å². The second-order valence-electron chi connectivity index (χ2n) is 3.86. The molecule has 0 fully saturated rings. The minimum atomic E-state index is -0.370. The quantitative estimate of drug-likeness (QED) is 0.710. The number of phenols is 1. The van der Waals surface area contributed by atoms with E-state index in [1.165, 1.54) is 6.07 Å². The monoisotopic (exact) mass is 252 g/mol. The minimum absolute atomic E-state index is 0.0501. The van der Waals surface area contributed by atoms with E-state index in [4.69, 9.17) is 18.0 Å². The van der Waals surface area contributed by atoms with Crippen LogP contribution in [0, 0.1) is 6.92 Å². The van der Waals surface area contributed by atoms with E-state index in [0.29, 0.717) is 6.42 Å². The van der Waals surface area contributed by atoms with Crippen LogP contribution in [-0.4, -0.2) is 22.0 Å². The van der Waals surface area contributed by atoms with Crippen LogP contribution in [0.2, 0.25) is 0 Å². The Balaban J connectivity index is 2.89. The Morgan fingerprint density at radius 3 is 2.76 bits per heavy atom. The van der Waals surface area contributed by atoms with Gasteiger partial charge in [0.15, 0.2) is 0 Å². The van der Waals surface area contributed by atoms with Crippen LogP contribution in [0.3, 0.4) is 0 Å². The topological polar surface area (TPSA) is 75.3 Å². The molecule has 0 spiro atoms. The number of aromatic hydroxyl groups is 1. The number of carbonyl (C=O) groups is 1. The number of nitrogens with two attached hydrogens (primary N) is 1. The summed E-state index contributed by atoms with van der Waals surface area (Å²) in [4.78, 5) is 12.1. The lowest BCUT2D eigenvalue weighted by Crippen LogP contribution is -2.43. The van der Waals surface area contributed by atoms with Crippen LogP contribution in [0.5, 0.6) is 5.75 Å². The molecule has 0 aliphatic carbocycles. The summed E-state index contributed by atoms with van der Waals surface area (Å²) in [6, 6.07) is 4.50. The summed E-state index contributed by atoms with van der Waals surface area (Å²) >= 11 is 4.84. The summed E-state index contributed by atoms with van der Waals surface area (Å²) in [5.41, 5.74) is 6.63. The number of benzene rings is 1. The van der Waals surface area contributed by atoms with Gasteiger partial charge in [0.2, 0.25) is 0 Å². The molecule has 17 heavy (non-hydrogen) atoms. The molecule has 0 aromatic heterocycles. The maximum atomic E-state index is 11.9. The molecule has 4 N–H and O–H groups in total. The Morgan fingerprint density at radius 1 is 1.59 bits per heavy atom. The molecule has 0 heterocycles. The number of hydrogen-bond acceptors (Lipinski definition) is 3. The number of nitrogens with one attached hydrogen (secondary N) is 1. The number of phenolic OH excluding ortho intramolecular Hbond substituents is 1. The van der Waals surface area contributed by atoms with E-state index in [1.807, 2.05) is 13.8 Å². The first kappa shape index (κ1) is 13.4. The van der Waals surface area contributed by atoms with Gasteiger partial charge in [-0.25, -0.2) is 0 Å². The average molecular weight is 252 g/mol. The van der Waals surface area contributed by atoms with Crippen LogP contribution in [0.15, 0.2) is 18.2 Å². The fraction of sp³-hybridized carbons (Fsp3) is 0.333. The van der Waals surface area contributed by atoms with Gasteiger partial charge in [-0.15, -0.1) is 0 Å². The second kappa shape index (κ2) is 5.63. The lowest BCUT2D eigenvalue weighted by atomic mass is 10.1. The third kappa shape index (κ3) is 3.42. The number of hydrogen-bond donors (Lipinski definition) is 3. The van der Waals surface area contributed by atoms with Crippen molar-refractivity contribution in [2.75, 3.05) is 0 Å². The first-order valence-corrected chi connectivity index (χ1v) is 5.76. The van der Waals surface area contributed by atoms with Crippen LogP contribution in [-0.2, 0) is 0 Å². The Labute approximate surface area is 106 Å². The molecule has 1 aromatic rings. The number of amides is 1. The van der Waals surface area contributed by atoms with Gasteiger partial charge in [-0.1, -0.05) is 30.8 Å². The number of rotatable bonds is 4. The summed E-state index contributed by atoms with van der Waals surface area (Å²) in [7, 11) is 0. The number of thiocarbonyl (C=S) groups is 1. The predicted octanol–water partition coefficient (Wildman–Crippen LogP) is 1.50. The second-order valence-corrected chi connectivity index (χ2v) is 4.33. The normalized spacial score (nSPS) is 11.9. The smallest absolute Gasteiger partial charge is 0.255 e. The van der Waals surface area contributed by atoms with Crippen molar-refractivity contribution in [3.8, 4) is 5.75 Å². The first-order chi connectivity index (χ1) is 7.95. The molecule has 0 aliphatic heterocycles. The largest absolute Gasteiger partial charge is 0.507 e. The molecule has 1 unspecified atom stereocenters. The van der Waals surface area contributed by atoms with E-state index in [2.05, 4.69) is 5.32 Å². The van der Waals surface area contributed by atoms with Gasteiger partial charge < -0.3 is 16.2 Å². The van der Waals surface area contributed by atoms with Crippen molar-refractivity contribution in [2.24, 2.45) is 5.73 Å². The van der Waals surface area contributed by atoms with Crippen molar-refractivity contribution < 1.29 is 9.90 Å². The van der Waals surface area contributed by atoms with Crippen molar-refractivity contribution in [1.29, 1.82) is 0 Å². The van der Waals surface area contributed by atoms with E-state index in [9.17, 15) is 9.90 Å². The van der Waals surface area contributed by atoms with E-state index in [0.717, 1.165) is 5.56 Å². The van der Waals surface area contributed by atoms with Crippen molar-refractivity contribution in [2.45, 2.75) is 26.3 Å². The van der Waals surface area contributed by atoms with Gasteiger partial charge in [-0.2, -0.15) is 0 Å². The van der Waals surface area contributed by atoms with E-state index in [-0.39, 0.29) is 28.3 Å². The van der Waals surface area contributed by atoms with Gasteiger partial charge in [-0.3, -0.25) is 4.79 Å². The standard InChI is InChI=1S/C12H16N2O2S/c1-3-9(11(13)17)14-12(16)8-6-7(2)4-5-10(8)15/h4-6,9,15H,3H2,1-2H3,(H2,13,17)(H,14,16). The summed E-state index contributed by atoms with van der Waals surface area (Å²) in [5.74, 6) is -0.420. The summed E-state index contributed by atoms with van der Waals surface area (Å²) < 4.78 is 0. The van der Waals surface area contributed by atoms with Crippen molar-refractivity contribution in [3.05, 3.63) is 29.3 Å². The molecule has 1 rings (SSSR count). The zero-order chi connectivity index (χ0) is 13.0. The summed E-state index contributed by atoms with van der Waals surface area (Å²) in [6.07, 6.45) is 0.619. The summed E-state index contributed by atoms with van der Waals surface area (Å²) in [5, 5.41) is 12.3. The highest BCUT2D eigenvalue weighted by molar-refractivity contribution is 7.80. The lowest BCUT2D eigenvalue weighted by Gasteiger charge is -2.16. The molecular formula is C12H16N2O2S. The molecule has 0 radical (unpaired) electrons. The lowest BCUT2D eigenvalue weighted by molar-refractivity contribution is 0.0943. The zero-order valence-corrected chi connectivity index (χ0v) is 10.7. The molecule has 0 bridgehead atoms. The minimum Gasteiger partial charge on any atom is -0.507 e. The Bertz CT molecular complexity index is 446. The third-order valence-corrected chi connectivity index (χ3v) is 2.74. The molecule has 1 atom stereocenters. The summed E-state index contributed by atoms with van der Waals surface area (Å²) in [6.45, 7) is 3.72. The van der Waals surface area contributed by atoms with Crippen molar-refractivity contribution in [1.82, 2.24) is 5.32 Å². The highest BCUT2D eigenvalue weighted by Crippen LogP contribution is 2.18. The van der Waals surface area contributed by atoms with E-state index in [1.54, 1.807) is 12.1 Å². The highest BCUT2D eigenvalue weighted by atomic mass is 32.1. The Hall–Kier alpha value is -1.62. The predicted molar refractivity (Wildman–Crippen MR) is 71.2 cm³/mol. The Morgan fingerprint density at radius 2 is 2.24 bits per heavy atom. The van der Waals surface area contributed by atoms with Crippen molar-refractivity contribution >= 4 is 23.1 Å². The first-order valence-electron chi connectivity index (χ1n) is 5.35. The van der Waals surface area contributed by atoms with Crippen LogP contribution < -0.4 is 11.1 Å². The molecule has 92 valence electrons. The van der Waals surface area contributed by atoms with E-state index < -0.39 is 0 Å². The Kier molecular flexibility index (Phi) is 4.45. The number of aryl methyl sites for hydroxylation is 1. The maximum Gasteiger partial charge on any atom is 0.255 e. The third-order valence-electron chi connectivity index (χ3n) is 2.45. The van der Waals surface area contributed by atoms with Crippen molar-refractivity contribution in [3.63, 3.8) is 0 Å². The zero-order valence-electron chi connectivity index (χ0n) is 9.86. The highest BCUT2D eigenvalue weighted by Gasteiger charge is 2.16. The molecule has 0 aliphatic rings.